The Morgan fingerprint density at radius 3 is 2.46 bits per heavy atom. The Kier molecular flexibility index (Phi) is 8.37. The molecule has 0 spiro atoms. The summed E-state index contributed by atoms with van der Waals surface area (Å²) in [5.41, 5.74) is 5.11. The second kappa shape index (κ2) is 12.3. The van der Waals surface area contributed by atoms with Crippen molar-refractivity contribution in [1.82, 2.24) is 0 Å². The van der Waals surface area contributed by atoms with Crippen molar-refractivity contribution < 1.29 is 19.4 Å². The third-order valence-electron chi connectivity index (χ3n) is 7.23. The third kappa shape index (κ3) is 6.42. The highest BCUT2D eigenvalue weighted by Gasteiger charge is 2.20. The number of halogens is 1. The summed E-state index contributed by atoms with van der Waals surface area (Å²) >= 11 is 6.32. The average Bonchev–Trinajstić information content (AvgIpc) is 2.98. The van der Waals surface area contributed by atoms with Gasteiger partial charge in [-0.1, -0.05) is 90.5 Å². The molecule has 1 amide bonds. The number of hydrogen-bond acceptors (Lipinski definition) is 3. The fourth-order valence-electron chi connectivity index (χ4n) is 4.96. The van der Waals surface area contributed by atoms with Crippen molar-refractivity contribution in [3.05, 3.63) is 142 Å². The molecule has 5 aromatic carbocycles. The first-order chi connectivity index (χ1) is 19.8. The molecule has 0 bridgehead atoms. The zero-order valence-electron chi connectivity index (χ0n) is 22.9. The molecule has 0 aliphatic rings. The summed E-state index contributed by atoms with van der Waals surface area (Å²) in [6, 6.07) is 32.2. The molecule has 6 heteroatoms. The van der Waals surface area contributed by atoms with Gasteiger partial charge in [-0.2, -0.15) is 0 Å². The molecule has 5 rings (SSSR count). The van der Waals surface area contributed by atoms with Crippen LogP contribution in [0.1, 0.15) is 51.0 Å². The Labute approximate surface area is 244 Å². The SMILES string of the molecule is Cc1ccc(Cl)c(OCc2ccc(Cc3ccccc3C(=O)O)c(NC(=O)C(C)c3cccc4ccccc34)c2)c1. The van der Waals surface area contributed by atoms with E-state index in [0.717, 1.165) is 33.0 Å². The Morgan fingerprint density at radius 1 is 0.878 bits per heavy atom. The molecule has 0 saturated heterocycles. The maximum atomic E-state index is 13.7. The predicted octanol–water partition coefficient (Wildman–Crippen LogP) is 8.41. The summed E-state index contributed by atoms with van der Waals surface area (Å²) in [6.45, 7) is 4.11. The third-order valence-corrected chi connectivity index (χ3v) is 7.54. The van der Waals surface area contributed by atoms with Crippen LogP contribution in [0.5, 0.6) is 5.75 Å². The standard InChI is InChI=1S/C35H30ClNO4/c1-22-14-17-31(36)33(18-22)41-21-24-15-16-27(20-26-9-4-6-12-30(26)35(39)40)32(19-24)37-34(38)23(2)28-13-7-10-25-8-3-5-11-29(25)28/h3-19,23H,20-21H2,1-2H3,(H,37,38)(H,39,40). The van der Waals surface area contributed by atoms with Crippen LogP contribution >= 0.6 is 11.6 Å². The van der Waals surface area contributed by atoms with Crippen LogP contribution in [-0.4, -0.2) is 17.0 Å². The van der Waals surface area contributed by atoms with Gasteiger partial charge in [-0.3, -0.25) is 4.79 Å². The topological polar surface area (TPSA) is 75.6 Å². The van der Waals surface area contributed by atoms with Crippen LogP contribution in [0.2, 0.25) is 5.02 Å². The highest BCUT2D eigenvalue weighted by Crippen LogP contribution is 2.30. The van der Waals surface area contributed by atoms with Gasteiger partial charge in [0.25, 0.3) is 0 Å². The van der Waals surface area contributed by atoms with Crippen molar-refractivity contribution in [3.8, 4) is 5.75 Å². The lowest BCUT2D eigenvalue weighted by molar-refractivity contribution is -0.117. The molecular weight excluding hydrogens is 534 g/mol. The number of carbonyl (C=O) groups is 2. The molecule has 1 unspecified atom stereocenters. The van der Waals surface area contributed by atoms with E-state index >= 15 is 0 Å². The summed E-state index contributed by atoms with van der Waals surface area (Å²) in [5.74, 6) is -0.989. The van der Waals surface area contributed by atoms with E-state index in [2.05, 4.69) is 5.32 Å². The summed E-state index contributed by atoms with van der Waals surface area (Å²) < 4.78 is 6.01. The summed E-state index contributed by atoms with van der Waals surface area (Å²) in [4.78, 5) is 25.5. The minimum atomic E-state index is -0.990. The average molecular weight is 564 g/mol. The number of amides is 1. The van der Waals surface area contributed by atoms with Crippen LogP contribution < -0.4 is 10.1 Å². The van der Waals surface area contributed by atoms with Gasteiger partial charge < -0.3 is 15.2 Å². The first-order valence-electron chi connectivity index (χ1n) is 13.4. The van der Waals surface area contributed by atoms with Crippen LogP contribution in [0.15, 0.2) is 103 Å². The highest BCUT2D eigenvalue weighted by molar-refractivity contribution is 6.32. The Morgan fingerprint density at radius 2 is 1.63 bits per heavy atom. The summed E-state index contributed by atoms with van der Waals surface area (Å²) in [7, 11) is 0. The second-order valence-corrected chi connectivity index (χ2v) is 10.5. The molecular formula is C35H30ClNO4. The van der Waals surface area contributed by atoms with E-state index in [0.29, 0.717) is 28.4 Å². The molecule has 0 aliphatic carbocycles. The smallest absolute Gasteiger partial charge is 0.335 e. The van der Waals surface area contributed by atoms with Gasteiger partial charge >= 0.3 is 5.97 Å². The molecule has 5 nitrogen and oxygen atoms in total. The van der Waals surface area contributed by atoms with Crippen molar-refractivity contribution in [2.45, 2.75) is 32.8 Å². The van der Waals surface area contributed by atoms with Gasteiger partial charge in [0.15, 0.2) is 0 Å². The Bertz CT molecular complexity index is 1740. The predicted molar refractivity (Wildman–Crippen MR) is 164 cm³/mol. The number of ether oxygens (including phenoxy) is 1. The number of nitrogens with one attached hydrogen (secondary N) is 1. The Hall–Kier alpha value is -4.61. The van der Waals surface area contributed by atoms with E-state index < -0.39 is 11.9 Å². The molecule has 0 aromatic heterocycles. The lowest BCUT2D eigenvalue weighted by Crippen LogP contribution is -2.20. The van der Waals surface area contributed by atoms with E-state index in [1.54, 1.807) is 24.3 Å². The first-order valence-corrected chi connectivity index (χ1v) is 13.8. The number of aromatic carboxylic acids is 1. The minimum absolute atomic E-state index is 0.158. The number of rotatable bonds is 9. The Balaban J connectivity index is 1.46. The van der Waals surface area contributed by atoms with Gasteiger partial charge in [0.2, 0.25) is 5.91 Å². The van der Waals surface area contributed by atoms with E-state index in [9.17, 15) is 14.7 Å². The summed E-state index contributed by atoms with van der Waals surface area (Å²) in [5, 5.41) is 15.5. The maximum Gasteiger partial charge on any atom is 0.335 e. The van der Waals surface area contributed by atoms with Gasteiger partial charge in [-0.05, 0) is 76.7 Å². The monoisotopic (exact) mass is 563 g/mol. The van der Waals surface area contributed by atoms with E-state index in [4.69, 9.17) is 16.3 Å². The largest absolute Gasteiger partial charge is 0.487 e. The van der Waals surface area contributed by atoms with Crippen LogP contribution in [-0.2, 0) is 17.8 Å². The lowest BCUT2D eigenvalue weighted by Gasteiger charge is -2.18. The van der Waals surface area contributed by atoms with Gasteiger partial charge in [-0.25, -0.2) is 4.79 Å². The molecule has 0 fully saturated rings. The number of anilines is 1. The highest BCUT2D eigenvalue weighted by atomic mass is 35.5. The normalized spacial score (nSPS) is 11.7. The van der Waals surface area contributed by atoms with Gasteiger partial charge in [0, 0.05) is 12.1 Å². The number of aryl methyl sites for hydroxylation is 1. The number of benzene rings is 5. The quantitative estimate of drug-likeness (QED) is 0.189. The molecule has 2 N–H and O–H groups in total. The van der Waals surface area contributed by atoms with Gasteiger partial charge in [0.1, 0.15) is 12.4 Å². The number of hydrogen-bond donors (Lipinski definition) is 2. The second-order valence-electron chi connectivity index (χ2n) is 10.1. The molecule has 0 heterocycles. The number of carbonyl (C=O) groups excluding carboxylic acids is 1. The van der Waals surface area contributed by atoms with Crippen molar-refractivity contribution in [2.75, 3.05) is 5.32 Å². The van der Waals surface area contributed by atoms with Crippen molar-refractivity contribution in [2.24, 2.45) is 0 Å². The number of fused-ring (bicyclic) bond motifs is 1. The fourth-order valence-corrected chi connectivity index (χ4v) is 5.14. The van der Waals surface area contributed by atoms with Crippen LogP contribution in [0.4, 0.5) is 5.69 Å². The van der Waals surface area contributed by atoms with Crippen LogP contribution in [0, 0.1) is 6.92 Å². The molecule has 1 atom stereocenters. The van der Waals surface area contributed by atoms with Gasteiger partial charge in [-0.15, -0.1) is 0 Å². The fraction of sp³-hybridized carbons (Fsp3) is 0.143. The van der Waals surface area contributed by atoms with Crippen LogP contribution in [0.3, 0.4) is 0 Å². The number of carboxylic acids is 1. The molecule has 5 aromatic rings. The van der Waals surface area contributed by atoms with Crippen molar-refractivity contribution in [1.29, 1.82) is 0 Å². The maximum absolute atomic E-state index is 13.7. The van der Waals surface area contributed by atoms with E-state index in [1.165, 1.54) is 0 Å². The zero-order valence-corrected chi connectivity index (χ0v) is 23.6. The molecule has 206 valence electrons. The van der Waals surface area contributed by atoms with Crippen molar-refractivity contribution in [3.63, 3.8) is 0 Å². The minimum Gasteiger partial charge on any atom is -0.487 e. The molecule has 0 saturated carbocycles. The van der Waals surface area contributed by atoms with E-state index in [1.807, 2.05) is 92.7 Å². The molecule has 0 radical (unpaired) electrons. The molecule has 0 aliphatic heterocycles. The van der Waals surface area contributed by atoms with E-state index in [-0.39, 0.29) is 18.1 Å². The molecule has 41 heavy (non-hydrogen) atoms. The van der Waals surface area contributed by atoms with Crippen molar-refractivity contribution >= 4 is 39.9 Å². The van der Waals surface area contributed by atoms with Gasteiger partial charge in [0.05, 0.1) is 16.5 Å². The zero-order chi connectivity index (χ0) is 28.9. The summed E-state index contributed by atoms with van der Waals surface area (Å²) in [6.07, 6.45) is 0.339. The first kappa shape index (κ1) is 27.9. The number of carboxylic acid groups (broad SMARTS) is 1. The van der Waals surface area contributed by atoms with Crippen LogP contribution in [0.25, 0.3) is 10.8 Å². The lowest BCUT2D eigenvalue weighted by atomic mass is 9.93.